The van der Waals surface area contributed by atoms with Crippen molar-refractivity contribution in [2.75, 3.05) is 13.6 Å². The lowest BCUT2D eigenvalue weighted by atomic mass is 10.1. The van der Waals surface area contributed by atoms with Crippen LogP contribution < -0.4 is 4.74 Å². The molecule has 9 heteroatoms. The van der Waals surface area contributed by atoms with E-state index >= 15 is 0 Å². The van der Waals surface area contributed by atoms with Crippen LogP contribution in [0.1, 0.15) is 17.5 Å². The quantitative estimate of drug-likeness (QED) is 0.286. The van der Waals surface area contributed by atoms with Gasteiger partial charge < -0.3 is 9.64 Å². The molecule has 0 fully saturated rings. The van der Waals surface area contributed by atoms with E-state index < -0.39 is 0 Å². The third kappa shape index (κ3) is 5.32. The molecule has 0 atom stereocenters. The number of hydrogen-bond donors (Lipinski definition) is 0. The first-order valence-electron chi connectivity index (χ1n) is 8.83. The molecule has 0 saturated carbocycles. The molecule has 0 amide bonds. The highest BCUT2D eigenvalue weighted by atomic mass is 79.9. The number of pyridine rings is 1. The number of nitrogens with zero attached hydrogens (tertiary/aromatic N) is 4. The third-order valence-corrected chi connectivity index (χ3v) is 6.06. The normalized spacial score (nSPS) is 11.2. The van der Waals surface area contributed by atoms with Crippen LogP contribution >= 0.6 is 39.1 Å². The van der Waals surface area contributed by atoms with Crippen molar-refractivity contribution in [3.05, 3.63) is 56.2 Å². The largest absolute Gasteiger partial charge is 0.471 e. The van der Waals surface area contributed by atoms with E-state index in [9.17, 15) is 4.39 Å². The van der Waals surface area contributed by atoms with Crippen LogP contribution in [0.2, 0.25) is 5.02 Å². The fraction of sp³-hybridized carbons (Fsp3) is 0.250. The van der Waals surface area contributed by atoms with Gasteiger partial charge in [-0.15, -0.1) is 0 Å². The maximum absolute atomic E-state index is 13.1. The molecule has 0 aliphatic carbocycles. The summed E-state index contributed by atoms with van der Waals surface area (Å²) in [6.45, 7) is 5.03. The van der Waals surface area contributed by atoms with E-state index in [1.54, 1.807) is 18.5 Å². The highest BCUT2D eigenvalue weighted by Gasteiger charge is 2.16. The highest BCUT2D eigenvalue weighted by Crippen LogP contribution is 2.35. The predicted octanol–water partition coefficient (Wildman–Crippen LogP) is 6.26. The van der Waals surface area contributed by atoms with Crippen molar-refractivity contribution in [1.82, 2.24) is 14.3 Å². The van der Waals surface area contributed by atoms with Crippen LogP contribution in [0.4, 0.5) is 10.1 Å². The molecule has 3 rings (SSSR count). The molecule has 0 radical (unpaired) electrons. The number of halogens is 3. The van der Waals surface area contributed by atoms with Crippen LogP contribution in [0, 0.1) is 12.7 Å². The van der Waals surface area contributed by atoms with Crippen molar-refractivity contribution in [2.24, 2.45) is 4.99 Å². The van der Waals surface area contributed by atoms with Gasteiger partial charge in [0.1, 0.15) is 18.1 Å². The molecule has 0 bridgehead atoms. The Labute approximate surface area is 186 Å². The first-order valence-corrected chi connectivity index (χ1v) is 10.8. The van der Waals surface area contributed by atoms with Crippen molar-refractivity contribution in [2.45, 2.75) is 20.5 Å². The van der Waals surface area contributed by atoms with Crippen molar-refractivity contribution < 1.29 is 9.13 Å². The van der Waals surface area contributed by atoms with E-state index in [1.807, 2.05) is 24.9 Å². The first-order chi connectivity index (χ1) is 13.9. The zero-order valence-corrected chi connectivity index (χ0v) is 19.3. The van der Waals surface area contributed by atoms with Gasteiger partial charge in [0.25, 0.3) is 0 Å². The maximum Gasteiger partial charge on any atom is 0.228 e. The van der Waals surface area contributed by atoms with E-state index in [1.165, 1.54) is 23.7 Å². The molecule has 29 heavy (non-hydrogen) atoms. The summed E-state index contributed by atoms with van der Waals surface area (Å²) in [6.07, 6.45) is 1.77. The molecule has 5 nitrogen and oxygen atoms in total. The average molecular weight is 498 g/mol. The molecule has 0 unspecified atom stereocenters. The standard InChI is InChI=1S/C20H19BrClFN4OS/c1-4-27(3)11-24-16-9-15(21)20(25-12(16)2)28-10-17-18(22)19(26-29-17)13-5-7-14(23)8-6-13/h5-9,11H,4,10H2,1-3H3/b24-11+. The second-order valence-corrected chi connectivity index (χ2v) is 8.35. The number of rotatable bonds is 7. The summed E-state index contributed by atoms with van der Waals surface area (Å²) in [4.78, 5) is 11.7. The molecule has 1 aromatic carbocycles. The van der Waals surface area contributed by atoms with Crippen LogP contribution in [0.3, 0.4) is 0 Å². The summed E-state index contributed by atoms with van der Waals surface area (Å²) >= 11 is 11.2. The van der Waals surface area contributed by atoms with Gasteiger partial charge in [0.15, 0.2) is 0 Å². The van der Waals surface area contributed by atoms with E-state index in [2.05, 4.69) is 37.2 Å². The minimum absolute atomic E-state index is 0.226. The molecule has 0 aliphatic heterocycles. The highest BCUT2D eigenvalue weighted by molar-refractivity contribution is 9.10. The molecular weight excluding hydrogens is 479 g/mol. The van der Waals surface area contributed by atoms with Gasteiger partial charge in [-0.1, -0.05) is 11.6 Å². The number of ether oxygens (including phenoxy) is 1. The van der Waals surface area contributed by atoms with Gasteiger partial charge in [0.2, 0.25) is 5.88 Å². The second-order valence-electron chi connectivity index (χ2n) is 6.26. The summed E-state index contributed by atoms with van der Waals surface area (Å²) in [5.41, 5.74) is 2.89. The molecule has 0 spiro atoms. The topological polar surface area (TPSA) is 50.6 Å². The van der Waals surface area contributed by atoms with Crippen molar-refractivity contribution in [1.29, 1.82) is 0 Å². The molecule has 0 saturated heterocycles. The molecule has 0 N–H and O–H groups in total. The second kappa shape index (κ2) is 9.65. The SMILES string of the molecule is CCN(C)/C=N/c1cc(Br)c(OCc2snc(-c3ccc(F)cc3)c2Cl)nc1C. The Balaban J connectivity index is 1.74. The summed E-state index contributed by atoms with van der Waals surface area (Å²) in [5.74, 6) is 0.155. The third-order valence-electron chi connectivity index (χ3n) is 4.16. The summed E-state index contributed by atoms with van der Waals surface area (Å²) < 4.78 is 24.1. The Morgan fingerprint density at radius 1 is 1.34 bits per heavy atom. The number of benzene rings is 1. The number of aryl methyl sites for hydroxylation is 1. The summed E-state index contributed by atoms with van der Waals surface area (Å²) in [5, 5.41) is 0.498. The molecule has 2 aromatic heterocycles. The average Bonchev–Trinajstić information content (AvgIpc) is 3.08. The molecule has 3 aromatic rings. The van der Waals surface area contributed by atoms with Gasteiger partial charge in [-0.3, -0.25) is 0 Å². The monoisotopic (exact) mass is 496 g/mol. The van der Waals surface area contributed by atoms with Crippen LogP contribution in [-0.4, -0.2) is 34.2 Å². The van der Waals surface area contributed by atoms with Crippen LogP contribution in [0.5, 0.6) is 5.88 Å². The lowest BCUT2D eigenvalue weighted by molar-refractivity contribution is 0.295. The van der Waals surface area contributed by atoms with Crippen LogP contribution in [0.25, 0.3) is 11.3 Å². The fourth-order valence-electron chi connectivity index (χ4n) is 2.35. The number of aliphatic imine (C=N–C) groups is 1. The van der Waals surface area contributed by atoms with Gasteiger partial charge in [-0.25, -0.2) is 14.4 Å². The van der Waals surface area contributed by atoms with Crippen molar-refractivity contribution >= 4 is 51.1 Å². The van der Waals surface area contributed by atoms with E-state index in [0.717, 1.165) is 28.4 Å². The van der Waals surface area contributed by atoms with Gasteiger partial charge in [-0.2, -0.15) is 4.37 Å². The number of aromatic nitrogens is 2. The lowest BCUT2D eigenvalue weighted by Crippen LogP contribution is -2.14. The van der Waals surface area contributed by atoms with Gasteiger partial charge in [0.05, 0.1) is 32.1 Å². The van der Waals surface area contributed by atoms with Crippen LogP contribution in [0.15, 0.2) is 39.8 Å². The molecule has 0 aliphatic rings. The zero-order valence-electron chi connectivity index (χ0n) is 16.1. The minimum atomic E-state index is -0.302. The van der Waals surface area contributed by atoms with E-state index in [4.69, 9.17) is 16.3 Å². The van der Waals surface area contributed by atoms with E-state index in [-0.39, 0.29) is 12.4 Å². The summed E-state index contributed by atoms with van der Waals surface area (Å²) in [6, 6.07) is 7.94. The molecule has 152 valence electrons. The Morgan fingerprint density at radius 2 is 2.07 bits per heavy atom. The van der Waals surface area contributed by atoms with Gasteiger partial charge in [0, 0.05) is 19.2 Å². The minimum Gasteiger partial charge on any atom is -0.471 e. The smallest absolute Gasteiger partial charge is 0.228 e. The Morgan fingerprint density at radius 3 is 2.76 bits per heavy atom. The Kier molecular flexibility index (Phi) is 7.21. The lowest BCUT2D eigenvalue weighted by Gasteiger charge is -2.11. The van der Waals surface area contributed by atoms with E-state index in [0.29, 0.717) is 21.1 Å². The zero-order chi connectivity index (χ0) is 21.0. The Hall–Kier alpha value is -2.03. The molecule has 2 heterocycles. The van der Waals surface area contributed by atoms with Gasteiger partial charge in [-0.05, 0) is 71.6 Å². The summed E-state index contributed by atoms with van der Waals surface area (Å²) in [7, 11) is 1.96. The Bertz CT molecular complexity index is 1030. The predicted molar refractivity (Wildman–Crippen MR) is 120 cm³/mol. The fourth-order valence-corrected chi connectivity index (χ4v) is 3.81. The van der Waals surface area contributed by atoms with Crippen LogP contribution in [-0.2, 0) is 6.61 Å². The molecular formula is C20H19BrClFN4OS. The first kappa shape index (κ1) is 21.7. The number of hydrogen-bond acceptors (Lipinski definition) is 5. The van der Waals surface area contributed by atoms with Crippen molar-refractivity contribution in [3.8, 4) is 17.1 Å². The van der Waals surface area contributed by atoms with Crippen molar-refractivity contribution in [3.63, 3.8) is 0 Å². The van der Waals surface area contributed by atoms with Gasteiger partial charge >= 0.3 is 0 Å². The maximum atomic E-state index is 13.1.